The fourth-order valence-electron chi connectivity index (χ4n) is 3.84. The minimum Gasteiger partial charge on any atom is -0.449 e. The Bertz CT molecular complexity index is 1140. The van der Waals surface area contributed by atoms with Crippen molar-refractivity contribution >= 4 is 52.5 Å². The van der Waals surface area contributed by atoms with E-state index in [9.17, 15) is 14.4 Å². The molecule has 1 N–H and O–H groups in total. The van der Waals surface area contributed by atoms with Crippen molar-refractivity contribution in [2.24, 2.45) is 0 Å². The third-order valence-corrected chi connectivity index (χ3v) is 5.90. The van der Waals surface area contributed by atoms with E-state index < -0.39 is 35.2 Å². The summed E-state index contributed by atoms with van der Waals surface area (Å²) in [7, 11) is 0. The number of anilines is 2. The molecule has 166 valence electrons. The van der Waals surface area contributed by atoms with E-state index in [1.54, 1.807) is 69.3 Å². The lowest BCUT2D eigenvalue weighted by Gasteiger charge is -2.35. The highest BCUT2D eigenvalue weighted by Gasteiger charge is 2.62. The number of esters is 1. The first-order valence-electron chi connectivity index (χ1n) is 9.82. The van der Waals surface area contributed by atoms with Crippen molar-refractivity contribution in [3.63, 3.8) is 0 Å². The van der Waals surface area contributed by atoms with Gasteiger partial charge in [-0.3, -0.25) is 15.0 Å². The standard InChI is InChI=1S/C23H20Cl2N2O5/c1-22(2,3)32-21(30)26-23(18-16(24)17(25)19(28)31-18)14-11-7-8-12-15(14)27(20(23)29)13-9-5-4-6-10-13/h4-12,18H,1-3H3,(H,26,30)/t18-,23+/m0/s1. The number of amides is 2. The Morgan fingerprint density at radius 1 is 1.06 bits per heavy atom. The highest BCUT2D eigenvalue weighted by molar-refractivity contribution is 6.49. The molecule has 0 unspecified atom stereocenters. The van der Waals surface area contributed by atoms with Crippen LogP contribution in [0, 0.1) is 0 Å². The molecule has 2 aliphatic heterocycles. The van der Waals surface area contributed by atoms with E-state index in [1.165, 1.54) is 4.90 Å². The van der Waals surface area contributed by atoms with Gasteiger partial charge in [0.1, 0.15) is 10.6 Å². The molecular formula is C23H20Cl2N2O5. The van der Waals surface area contributed by atoms with Crippen LogP contribution in [-0.4, -0.2) is 29.7 Å². The van der Waals surface area contributed by atoms with Gasteiger partial charge in [-0.1, -0.05) is 59.6 Å². The van der Waals surface area contributed by atoms with Crippen molar-refractivity contribution in [1.82, 2.24) is 5.32 Å². The van der Waals surface area contributed by atoms with Gasteiger partial charge in [-0.2, -0.15) is 0 Å². The maximum absolute atomic E-state index is 14.1. The van der Waals surface area contributed by atoms with Gasteiger partial charge in [0.05, 0.1) is 10.7 Å². The molecule has 0 spiro atoms. The average molecular weight is 475 g/mol. The van der Waals surface area contributed by atoms with Crippen molar-refractivity contribution in [3.05, 3.63) is 70.2 Å². The number of carbonyl (C=O) groups is 3. The molecule has 0 aliphatic carbocycles. The van der Waals surface area contributed by atoms with Crippen LogP contribution >= 0.6 is 23.2 Å². The van der Waals surface area contributed by atoms with Crippen LogP contribution in [0.5, 0.6) is 0 Å². The summed E-state index contributed by atoms with van der Waals surface area (Å²) in [4.78, 5) is 40.6. The van der Waals surface area contributed by atoms with Gasteiger partial charge < -0.3 is 9.47 Å². The summed E-state index contributed by atoms with van der Waals surface area (Å²) in [6, 6.07) is 15.8. The molecule has 2 atom stereocenters. The quantitative estimate of drug-likeness (QED) is 0.651. The molecule has 0 saturated carbocycles. The van der Waals surface area contributed by atoms with Gasteiger partial charge in [0.25, 0.3) is 5.91 Å². The van der Waals surface area contributed by atoms with E-state index in [1.807, 2.05) is 6.07 Å². The lowest BCUT2D eigenvalue weighted by Crippen LogP contribution is -2.60. The van der Waals surface area contributed by atoms with Crippen LogP contribution in [0.1, 0.15) is 26.3 Å². The molecular weight excluding hydrogens is 455 g/mol. The number of ether oxygens (including phenoxy) is 2. The molecule has 0 saturated heterocycles. The van der Waals surface area contributed by atoms with Gasteiger partial charge in [0, 0.05) is 11.3 Å². The summed E-state index contributed by atoms with van der Waals surface area (Å²) in [5, 5.41) is 2.14. The molecule has 2 aromatic rings. The summed E-state index contributed by atoms with van der Waals surface area (Å²) in [5.74, 6) is -1.45. The van der Waals surface area contributed by atoms with E-state index in [4.69, 9.17) is 32.7 Å². The normalized spacial score (nSPS) is 22.7. The second-order valence-electron chi connectivity index (χ2n) is 8.38. The lowest BCUT2D eigenvalue weighted by molar-refractivity contribution is -0.145. The van der Waals surface area contributed by atoms with Gasteiger partial charge in [-0.05, 0) is 39.0 Å². The van der Waals surface area contributed by atoms with Crippen LogP contribution in [0.15, 0.2) is 64.7 Å². The van der Waals surface area contributed by atoms with Gasteiger partial charge in [0.2, 0.25) is 0 Å². The number of nitrogens with one attached hydrogen (secondary N) is 1. The van der Waals surface area contributed by atoms with Crippen molar-refractivity contribution in [1.29, 1.82) is 0 Å². The third kappa shape index (κ3) is 3.51. The Morgan fingerprint density at radius 2 is 1.69 bits per heavy atom. The van der Waals surface area contributed by atoms with Gasteiger partial charge >= 0.3 is 12.1 Å². The third-order valence-electron chi connectivity index (χ3n) is 5.06. The van der Waals surface area contributed by atoms with E-state index in [-0.39, 0.29) is 10.1 Å². The van der Waals surface area contributed by atoms with Crippen LogP contribution in [0.25, 0.3) is 0 Å². The molecule has 0 bridgehead atoms. The zero-order chi connectivity index (χ0) is 23.3. The summed E-state index contributed by atoms with van der Waals surface area (Å²) in [6.07, 6.45) is -2.25. The zero-order valence-electron chi connectivity index (χ0n) is 17.5. The fraction of sp³-hybridized carbons (Fsp3) is 0.261. The molecule has 2 amide bonds. The highest BCUT2D eigenvalue weighted by atomic mass is 35.5. The molecule has 2 heterocycles. The van der Waals surface area contributed by atoms with Crippen LogP contribution in [0.2, 0.25) is 0 Å². The van der Waals surface area contributed by atoms with Crippen molar-refractivity contribution in [3.8, 4) is 0 Å². The second kappa shape index (κ2) is 7.83. The number of benzene rings is 2. The number of hydrogen-bond acceptors (Lipinski definition) is 5. The Balaban J connectivity index is 1.92. The molecule has 9 heteroatoms. The van der Waals surface area contributed by atoms with E-state index in [2.05, 4.69) is 5.32 Å². The Hall–Kier alpha value is -3.03. The molecule has 7 nitrogen and oxygen atoms in total. The first-order valence-corrected chi connectivity index (χ1v) is 10.6. The number of carbonyl (C=O) groups excluding carboxylic acids is 3. The Kier molecular flexibility index (Phi) is 5.43. The lowest BCUT2D eigenvalue weighted by atomic mass is 9.85. The highest BCUT2D eigenvalue weighted by Crippen LogP contribution is 2.50. The molecule has 32 heavy (non-hydrogen) atoms. The summed E-state index contributed by atoms with van der Waals surface area (Å²) < 4.78 is 10.8. The number of cyclic esters (lactones) is 1. The van der Waals surface area contributed by atoms with Gasteiger partial charge in [0.15, 0.2) is 11.6 Å². The molecule has 0 radical (unpaired) electrons. The maximum Gasteiger partial charge on any atom is 0.408 e. The predicted octanol–water partition coefficient (Wildman–Crippen LogP) is 4.70. The molecule has 4 rings (SSSR count). The summed E-state index contributed by atoms with van der Waals surface area (Å²) in [6.45, 7) is 5.08. The number of alkyl carbamates (subject to hydrolysis) is 1. The van der Waals surface area contributed by atoms with E-state index >= 15 is 0 Å². The molecule has 0 aromatic heterocycles. The first-order chi connectivity index (χ1) is 15.1. The number of para-hydroxylation sites is 2. The van der Waals surface area contributed by atoms with Crippen molar-refractivity contribution in [2.75, 3.05) is 4.90 Å². The van der Waals surface area contributed by atoms with E-state index in [0.29, 0.717) is 16.9 Å². The Labute approximate surface area is 194 Å². The van der Waals surface area contributed by atoms with E-state index in [0.717, 1.165) is 0 Å². The summed E-state index contributed by atoms with van der Waals surface area (Å²) >= 11 is 12.4. The van der Waals surface area contributed by atoms with Crippen molar-refractivity contribution in [2.45, 2.75) is 38.0 Å². The maximum atomic E-state index is 14.1. The predicted molar refractivity (Wildman–Crippen MR) is 120 cm³/mol. The minimum absolute atomic E-state index is 0.175. The average Bonchev–Trinajstić information content (AvgIpc) is 3.13. The largest absolute Gasteiger partial charge is 0.449 e. The van der Waals surface area contributed by atoms with Crippen molar-refractivity contribution < 1.29 is 23.9 Å². The number of rotatable bonds is 3. The number of nitrogens with zero attached hydrogens (tertiary/aromatic N) is 1. The van der Waals surface area contributed by atoms with Gasteiger partial charge in [-0.15, -0.1) is 0 Å². The minimum atomic E-state index is -1.89. The Morgan fingerprint density at radius 3 is 2.28 bits per heavy atom. The molecule has 2 aliphatic rings. The number of halogens is 2. The monoisotopic (exact) mass is 474 g/mol. The zero-order valence-corrected chi connectivity index (χ0v) is 19.0. The SMILES string of the molecule is CC(C)(C)OC(=O)N[C@]1([C@H]2OC(=O)C(Cl)=C2Cl)C(=O)N(c2ccccc2)c2ccccc21. The number of hydrogen-bond donors (Lipinski definition) is 1. The van der Waals surface area contributed by atoms with Crippen LogP contribution in [-0.2, 0) is 24.6 Å². The van der Waals surface area contributed by atoms with Crippen LogP contribution in [0.4, 0.5) is 16.2 Å². The topological polar surface area (TPSA) is 84.9 Å². The molecule has 2 aromatic carbocycles. The van der Waals surface area contributed by atoms with Crippen LogP contribution in [0.3, 0.4) is 0 Å². The second-order valence-corrected chi connectivity index (χ2v) is 9.16. The fourth-order valence-corrected chi connectivity index (χ4v) is 4.27. The summed E-state index contributed by atoms with van der Waals surface area (Å²) in [5.41, 5.74) is -1.27. The smallest absolute Gasteiger partial charge is 0.408 e. The van der Waals surface area contributed by atoms with Gasteiger partial charge in [-0.25, -0.2) is 9.59 Å². The molecule has 0 fully saturated rings. The first kappa shape index (κ1) is 22.2. The number of fused-ring (bicyclic) bond motifs is 1. The van der Waals surface area contributed by atoms with Crippen LogP contribution < -0.4 is 10.2 Å².